The van der Waals surface area contributed by atoms with Crippen molar-refractivity contribution in [3.63, 3.8) is 0 Å². The summed E-state index contributed by atoms with van der Waals surface area (Å²) in [5.74, 6) is 1.84. The molecular formula is C26H34O2. The third-order valence-corrected chi connectivity index (χ3v) is 5.71. The fourth-order valence-corrected chi connectivity index (χ4v) is 4.04. The predicted octanol–water partition coefficient (Wildman–Crippen LogP) is 7.09. The van der Waals surface area contributed by atoms with Crippen LogP contribution in [0.3, 0.4) is 0 Å². The second-order valence-electron chi connectivity index (χ2n) is 7.81. The van der Waals surface area contributed by atoms with Gasteiger partial charge in [-0.15, -0.1) is 0 Å². The molecule has 2 heteroatoms. The van der Waals surface area contributed by atoms with Crippen LogP contribution in [0.2, 0.25) is 0 Å². The van der Waals surface area contributed by atoms with Crippen molar-refractivity contribution in [1.29, 1.82) is 0 Å². The number of ether oxygens (including phenoxy) is 2. The molecule has 1 aliphatic rings. The first-order valence-electron chi connectivity index (χ1n) is 10.8. The molecule has 0 aliphatic heterocycles. The molecule has 3 rings (SSSR count). The zero-order valence-corrected chi connectivity index (χ0v) is 17.5. The van der Waals surface area contributed by atoms with E-state index in [0.29, 0.717) is 0 Å². The van der Waals surface area contributed by atoms with Crippen LogP contribution in [-0.4, -0.2) is 14.2 Å². The standard InChI is InChI=1S/C26H34O2/c1-27-25-17-13-21-11-9-7-5-3-4-6-8-10-12-22-14-18-26(28-2)24(20-22)16-15-23(25)19-21/h13-20H,3-12H2,1-2H3/b16-15+. The monoisotopic (exact) mass is 378 g/mol. The normalized spacial score (nSPS) is 17.2. The highest BCUT2D eigenvalue weighted by atomic mass is 16.5. The van der Waals surface area contributed by atoms with Gasteiger partial charge in [0.05, 0.1) is 14.2 Å². The van der Waals surface area contributed by atoms with Gasteiger partial charge in [-0.25, -0.2) is 0 Å². The zero-order chi connectivity index (χ0) is 19.6. The minimum absolute atomic E-state index is 0.921. The Morgan fingerprint density at radius 3 is 1.32 bits per heavy atom. The van der Waals surface area contributed by atoms with Gasteiger partial charge in [0.15, 0.2) is 0 Å². The van der Waals surface area contributed by atoms with Crippen molar-refractivity contribution in [3.8, 4) is 11.5 Å². The first kappa shape index (κ1) is 20.5. The van der Waals surface area contributed by atoms with Crippen LogP contribution in [-0.2, 0) is 12.8 Å². The van der Waals surface area contributed by atoms with Crippen molar-refractivity contribution in [2.24, 2.45) is 0 Å². The van der Waals surface area contributed by atoms with Crippen LogP contribution in [0.15, 0.2) is 36.4 Å². The van der Waals surface area contributed by atoms with E-state index in [1.165, 1.54) is 62.5 Å². The van der Waals surface area contributed by atoms with E-state index in [9.17, 15) is 0 Å². The van der Waals surface area contributed by atoms with Crippen molar-refractivity contribution >= 4 is 12.2 Å². The highest BCUT2D eigenvalue weighted by Crippen LogP contribution is 2.27. The smallest absolute Gasteiger partial charge is 0.126 e. The van der Waals surface area contributed by atoms with Gasteiger partial charge in [-0.2, -0.15) is 0 Å². The Morgan fingerprint density at radius 2 is 0.929 bits per heavy atom. The Labute approximate surface area is 170 Å². The molecule has 28 heavy (non-hydrogen) atoms. The molecule has 0 amide bonds. The molecule has 0 radical (unpaired) electrons. The summed E-state index contributed by atoms with van der Waals surface area (Å²) >= 11 is 0. The van der Waals surface area contributed by atoms with Gasteiger partial charge in [0, 0.05) is 11.1 Å². The lowest BCUT2D eigenvalue weighted by Crippen LogP contribution is -1.93. The summed E-state index contributed by atoms with van der Waals surface area (Å²) in [6.07, 6.45) is 17.3. The lowest BCUT2D eigenvalue weighted by molar-refractivity contribution is 0.413. The average molecular weight is 379 g/mol. The van der Waals surface area contributed by atoms with Crippen LogP contribution in [0.5, 0.6) is 11.5 Å². The van der Waals surface area contributed by atoms with Crippen LogP contribution < -0.4 is 9.47 Å². The molecule has 150 valence electrons. The van der Waals surface area contributed by atoms with Crippen LogP contribution in [0, 0.1) is 0 Å². The molecule has 2 aromatic carbocycles. The van der Waals surface area contributed by atoms with Gasteiger partial charge in [-0.3, -0.25) is 0 Å². The Kier molecular flexibility index (Phi) is 8.02. The molecule has 0 saturated heterocycles. The van der Waals surface area contributed by atoms with Crippen molar-refractivity contribution in [2.45, 2.75) is 64.2 Å². The SMILES string of the molecule is COc1ccc2cc1/C=C/c1cc(ccc1OC)CCCCCCCCCC2. The molecule has 0 heterocycles. The molecule has 2 aromatic rings. The van der Waals surface area contributed by atoms with E-state index in [1.807, 2.05) is 0 Å². The summed E-state index contributed by atoms with van der Waals surface area (Å²) < 4.78 is 11.2. The van der Waals surface area contributed by atoms with E-state index in [-0.39, 0.29) is 0 Å². The quantitative estimate of drug-likeness (QED) is 0.555. The van der Waals surface area contributed by atoms with Gasteiger partial charge in [0.25, 0.3) is 0 Å². The zero-order valence-electron chi connectivity index (χ0n) is 17.5. The van der Waals surface area contributed by atoms with E-state index in [1.54, 1.807) is 14.2 Å². The molecule has 0 saturated carbocycles. The molecule has 0 unspecified atom stereocenters. The van der Waals surface area contributed by atoms with Gasteiger partial charge in [0.1, 0.15) is 11.5 Å². The van der Waals surface area contributed by atoms with E-state index in [0.717, 1.165) is 35.5 Å². The predicted molar refractivity (Wildman–Crippen MR) is 119 cm³/mol. The van der Waals surface area contributed by atoms with Crippen LogP contribution in [0.25, 0.3) is 12.2 Å². The summed E-state index contributed by atoms with van der Waals surface area (Å²) in [7, 11) is 3.48. The Balaban J connectivity index is 1.89. The van der Waals surface area contributed by atoms with Gasteiger partial charge in [-0.1, -0.05) is 62.8 Å². The highest BCUT2D eigenvalue weighted by molar-refractivity contribution is 5.75. The molecule has 2 nitrogen and oxygen atoms in total. The maximum Gasteiger partial charge on any atom is 0.126 e. The molecule has 0 fully saturated rings. The minimum atomic E-state index is 0.921. The largest absolute Gasteiger partial charge is 0.496 e. The number of rotatable bonds is 2. The molecule has 0 spiro atoms. The fraction of sp³-hybridized carbons (Fsp3) is 0.462. The average Bonchev–Trinajstić information content (AvgIpc) is 2.73. The van der Waals surface area contributed by atoms with Gasteiger partial charge in [0.2, 0.25) is 0 Å². The number of fused-ring (bicyclic) bond motifs is 4. The molecule has 1 aliphatic carbocycles. The van der Waals surface area contributed by atoms with Gasteiger partial charge >= 0.3 is 0 Å². The second kappa shape index (κ2) is 10.9. The lowest BCUT2D eigenvalue weighted by Gasteiger charge is -2.11. The minimum Gasteiger partial charge on any atom is -0.496 e. The summed E-state index contributed by atoms with van der Waals surface area (Å²) in [6, 6.07) is 13.1. The van der Waals surface area contributed by atoms with E-state index < -0.39 is 0 Å². The summed E-state index contributed by atoms with van der Waals surface area (Å²) in [6.45, 7) is 0. The second-order valence-corrected chi connectivity index (χ2v) is 7.81. The number of benzene rings is 2. The first-order valence-corrected chi connectivity index (χ1v) is 10.8. The van der Waals surface area contributed by atoms with Gasteiger partial charge < -0.3 is 9.47 Å². The van der Waals surface area contributed by atoms with Crippen molar-refractivity contribution < 1.29 is 9.47 Å². The lowest BCUT2D eigenvalue weighted by atomic mass is 9.99. The molecule has 4 bridgehead atoms. The third-order valence-electron chi connectivity index (χ3n) is 5.71. The summed E-state index contributed by atoms with van der Waals surface area (Å²) in [5, 5.41) is 0. The van der Waals surface area contributed by atoms with E-state index in [2.05, 4.69) is 48.6 Å². The molecule has 0 N–H and O–H groups in total. The Bertz CT molecular complexity index is 710. The van der Waals surface area contributed by atoms with E-state index in [4.69, 9.17) is 9.47 Å². The number of hydrogen-bond donors (Lipinski definition) is 0. The Hall–Kier alpha value is -2.22. The fourth-order valence-electron chi connectivity index (χ4n) is 4.04. The van der Waals surface area contributed by atoms with Crippen molar-refractivity contribution in [2.75, 3.05) is 14.2 Å². The third kappa shape index (κ3) is 5.89. The van der Waals surface area contributed by atoms with Crippen molar-refractivity contribution in [3.05, 3.63) is 58.7 Å². The summed E-state index contributed by atoms with van der Waals surface area (Å²) in [4.78, 5) is 0. The number of hydrogen-bond acceptors (Lipinski definition) is 2. The van der Waals surface area contributed by atoms with Crippen molar-refractivity contribution in [1.82, 2.24) is 0 Å². The maximum absolute atomic E-state index is 5.59. The highest BCUT2D eigenvalue weighted by Gasteiger charge is 2.06. The molecular weight excluding hydrogens is 344 g/mol. The van der Waals surface area contributed by atoms with Crippen LogP contribution in [0.1, 0.15) is 73.6 Å². The topological polar surface area (TPSA) is 18.5 Å². The number of aryl methyl sites for hydroxylation is 2. The van der Waals surface area contributed by atoms with E-state index >= 15 is 0 Å². The van der Waals surface area contributed by atoms with Gasteiger partial charge in [-0.05, 0) is 61.1 Å². The first-order chi connectivity index (χ1) is 13.8. The number of methoxy groups -OCH3 is 2. The Morgan fingerprint density at radius 1 is 0.536 bits per heavy atom. The molecule has 0 atom stereocenters. The summed E-state index contributed by atoms with van der Waals surface area (Å²) in [5.41, 5.74) is 5.05. The van der Waals surface area contributed by atoms with Crippen LogP contribution in [0.4, 0.5) is 0 Å². The molecule has 0 aromatic heterocycles. The van der Waals surface area contributed by atoms with Crippen LogP contribution >= 0.6 is 0 Å². The maximum atomic E-state index is 5.59.